The lowest BCUT2D eigenvalue weighted by Crippen LogP contribution is -2.46. The molecule has 0 spiro atoms. The van der Waals surface area contributed by atoms with E-state index >= 15 is 0 Å². The first-order valence-corrected chi connectivity index (χ1v) is 8.70. The van der Waals surface area contributed by atoms with Gasteiger partial charge in [-0.25, -0.2) is 0 Å². The molecule has 3 rings (SSSR count). The van der Waals surface area contributed by atoms with Crippen molar-refractivity contribution < 1.29 is 9.59 Å². The highest BCUT2D eigenvalue weighted by Gasteiger charge is 2.38. The van der Waals surface area contributed by atoms with Gasteiger partial charge in [0.25, 0.3) is 5.91 Å². The fourth-order valence-electron chi connectivity index (χ4n) is 3.68. The van der Waals surface area contributed by atoms with Crippen molar-refractivity contribution >= 4 is 36.6 Å². The van der Waals surface area contributed by atoms with Crippen LogP contribution in [0.15, 0.2) is 24.5 Å². The summed E-state index contributed by atoms with van der Waals surface area (Å²) in [4.78, 5) is 33.1. The molecule has 8 heteroatoms. The second kappa shape index (κ2) is 9.53. The molecule has 146 valence electrons. The molecule has 1 aromatic heterocycles. The molecule has 2 atom stereocenters. The Morgan fingerprint density at radius 1 is 1.23 bits per heavy atom. The van der Waals surface area contributed by atoms with Gasteiger partial charge in [0.05, 0.1) is 5.92 Å². The minimum atomic E-state index is -0.0929. The van der Waals surface area contributed by atoms with Crippen molar-refractivity contribution in [3.8, 4) is 0 Å². The van der Waals surface area contributed by atoms with Crippen molar-refractivity contribution in [3.05, 3.63) is 30.1 Å². The zero-order valence-electron chi connectivity index (χ0n) is 15.1. The van der Waals surface area contributed by atoms with Crippen LogP contribution in [0.3, 0.4) is 0 Å². The minimum Gasteiger partial charge on any atom is -0.342 e. The van der Waals surface area contributed by atoms with Crippen LogP contribution in [0.25, 0.3) is 0 Å². The molecule has 2 aliphatic heterocycles. The van der Waals surface area contributed by atoms with E-state index in [0.717, 1.165) is 32.4 Å². The van der Waals surface area contributed by atoms with E-state index < -0.39 is 0 Å². The molecule has 2 aliphatic rings. The van der Waals surface area contributed by atoms with Gasteiger partial charge in [-0.1, -0.05) is 6.92 Å². The number of piperidine rings is 1. The molecule has 6 nitrogen and oxygen atoms in total. The van der Waals surface area contributed by atoms with Gasteiger partial charge < -0.3 is 15.5 Å². The molecule has 0 aliphatic carbocycles. The Kier molecular flexibility index (Phi) is 8.31. The number of rotatable bonds is 3. The average molecular weight is 403 g/mol. The average Bonchev–Trinajstić information content (AvgIpc) is 3.04. The fourth-order valence-corrected chi connectivity index (χ4v) is 3.68. The summed E-state index contributed by atoms with van der Waals surface area (Å²) in [6.07, 6.45) is 5.93. The molecular weight excluding hydrogens is 375 g/mol. The van der Waals surface area contributed by atoms with E-state index in [4.69, 9.17) is 5.73 Å². The molecule has 2 amide bonds. The van der Waals surface area contributed by atoms with Crippen LogP contribution in [-0.2, 0) is 4.79 Å². The largest absolute Gasteiger partial charge is 0.342 e. The highest BCUT2D eigenvalue weighted by molar-refractivity contribution is 5.94. The Labute approximate surface area is 167 Å². The van der Waals surface area contributed by atoms with E-state index in [1.54, 1.807) is 29.4 Å². The van der Waals surface area contributed by atoms with Crippen LogP contribution in [0.2, 0.25) is 0 Å². The van der Waals surface area contributed by atoms with E-state index in [0.29, 0.717) is 25.2 Å². The molecule has 2 unspecified atom stereocenters. The molecule has 0 radical (unpaired) electrons. The summed E-state index contributed by atoms with van der Waals surface area (Å²) in [6.45, 7) is 5.48. The maximum atomic E-state index is 12.8. The first-order valence-electron chi connectivity index (χ1n) is 8.70. The molecule has 0 aromatic carbocycles. The lowest BCUT2D eigenvalue weighted by Gasteiger charge is -2.34. The van der Waals surface area contributed by atoms with Crippen LogP contribution in [0, 0.1) is 11.3 Å². The second-order valence-electron chi connectivity index (χ2n) is 7.35. The van der Waals surface area contributed by atoms with Crippen LogP contribution in [-0.4, -0.2) is 59.3 Å². The van der Waals surface area contributed by atoms with Gasteiger partial charge in [-0.3, -0.25) is 14.6 Å². The summed E-state index contributed by atoms with van der Waals surface area (Å²) in [7, 11) is 0. The zero-order chi connectivity index (χ0) is 17.2. The molecule has 2 fully saturated rings. The van der Waals surface area contributed by atoms with Gasteiger partial charge in [0.15, 0.2) is 0 Å². The summed E-state index contributed by atoms with van der Waals surface area (Å²) in [5.74, 6) is 0.0761. The molecule has 0 saturated carbocycles. The predicted octanol–water partition coefficient (Wildman–Crippen LogP) is 1.97. The number of halogens is 2. The Morgan fingerprint density at radius 2 is 1.92 bits per heavy atom. The lowest BCUT2D eigenvalue weighted by atomic mass is 9.90. The zero-order valence-corrected chi connectivity index (χ0v) is 16.7. The lowest BCUT2D eigenvalue weighted by molar-refractivity contribution is -0.136. The van der Waals surface area contributed by atoms with Crippen molar-refractivity contribution in [3.63, 3.8) is 0 Å². The van der Waals surface area contributed by atoms with E-state index in [9.17, 15) is 9.59 Å². The second-order valence-corrected chi connectivity index (χ2v) is 7.35. The molecule has 2 N–H and O–H groups in total. The van der Waals surface area contributed by atoms with Crippen LogP contribution in [0.5, 0.6) is 0 Å². The number of hydrogen-bond acceptors (Lipinski definition) is 4. The Bertz CT molecular complexity index is 616. The summed E-state index contributed by atoms with van der Waals surface area (Å²) >= 11 is 0. The van der Waals surface area contributed by atoms with Gasteiger partial charge in [-0.05, 0) is 43.4 Å². The summed E-state index contributed by atoms with van der Waals surface area (Å²) in [5.41, 5.74) is 6.51. The summed E-state index contributed by atoms with van der Waals surface area (Å²) in [6, 6.07) is 3.45. The number of aromatic nitrogens is 1. The van der Waals surface area contributed by atoms with Gasteiger partial charge in [0.1, 0.15) is 0 Å². The summed E-state index contributed by atoms with van der Waals surface area (Å²) in [5, 5.41) is 0. The maximum absolute atomic E-state index is 12.8. The predicted molar refractivity (Wildman–Crippen MR) is 106 cm³/mol. The Balaban J connectivity index is 0.00000169. The number of pyridine rings is 1. The molecule has 26 heavy (non-hydrogen) atoms. The summed E-state index contributed by atoms with van der Waals surface area (Å²) < 4.78 is 0. The SMILES string of the molecule is CC1(CN)CCN(C(=O)C2CCCN(C(=O)c3ccncc3)C2)C1.Cl.Cl. The van der Waals surface area contributed by atoms with E-state index in [-0.39, 0.29) is 48.0 Å². The van der Waals surface area contributed by atoms with Crippen molar-refractivity contribution in [2.24, 2.45) is 17.1 Å². The van der Waals surface area contributed by atoms with Gasteiger partial charge >= 0.3 is 0 Å². The smallest absolute Gasteiger partial charge is 0.253 e. The van der Waals surface area contributed by atoms with Crippen molar-refractivity contribution in [2.75, 3.05) is 32.7 Å². The number of hydrogen-bond donors (Lipinski definition) is 1. The van der Waals surface area contributed by atoms with Gasteiger partial charge in [-0.2, -0.15) is 0 Å². The highest BCUT2D eigenvalue weighted by atomic mass is 35.5. The quantitative estimate of drug-likeness (QED) is 0.837. The van der Waals surface area contributed by atoms with E-state index in [1.165, 1.54) is 0 Å². The third-order valence-electron chi connectivity index (χ3n) is 5.35. The van der Waals surface area contributed by atoms with Crippen molar-refractivity contribution in [1.29, 1.82) is 0 Å². The number of carbonyl (C=O) groups excluding carboxylic acids is 2. The fraction of sp³-hybridized carbons (Fsp3) is 0.611. The van der Waals surface area contributed by atoms with Gasteiger partial charge in [-0.15, -0.1) is 24.8 Å². The topological polar surface area (TPSA) is 79.5 Å². The van der Waals surface area contributed by atoms with Crippen LogP contribution in [0.4, 0.5) is 0 Å². The number of amides is 2. The van der Waals surface area contributed by atoms with Crippen LogP contribution in [0.1, 0.15) is 36.5 Å². The third-order valence-corrected chi connectivity index (χ3v) is 5.35. The Hall–Kier alpha value is -1.37. The highest BCUT2D eigenvalue weighted by Crippen LogP contribution is 2.31. The number of nitrogens with two attached hydrogens (primary N) is 1. The van der Waals surface area contributed by atoms with Crippen LogP contribution >= 0.6 is 24.8 Å². The third kappa shape index (κ3) is 4.87. The van der Waals surface area contributed by atoms with Crippen molar-refractivity contribution in [2.45, 2.75) is 26.2 Å². The monoisotopic (exact) mass is 402 g/mol. The first kappa shape index (κ1) is 22.7. The molecule has 1 aromatic rings. The van der Waals surface area contributed by atoms with E-state index in [2.05, 4.69) is 11.9 Å². The molecular formula is C18H28Cl2N4O2. The molecule has 2 saturated heterocycles. The number of likely N-dealkylation sites (tertiary alicyclic amines) is 2. The Morgan fingerprint density at radius 3 is 2.54 bits per heavy atom. The maximum Gasteiger partial charge on any atom is 0.253 e. The van der Waals surface area contributed by atoms with Crippen molar-refractivity contribution in [1.82, 2.24) is 14.8 Å². The first-order chi connectivity index (χ1) is 11.5. The minimum absolute atomic E-state index is 0. The number of nitrogens with zero attached hydrogens (tertiary/aromatic N) is 3. The van der Waals surface area contributed by atoms with Gasteiger partial charge in [0, 0.05) is 44.1 Å². The molecule has 3 heterocycles. The van der Waals surface area contributed by atoms with Crippen LogP contribution < -0.4 is 5.73 Å². The number of carbonyl (C=O) groups is 2. The normalized spacial score (nSPS) is 25.2. The van der Waals surface area contributed by atoms with E-state index in [1.807, 2.05) is 4.90 Å². The van der Waals surface area contributed by atoms with Gasteiger partial charge in [0.2, 0.25) is 5.91 Å². The standard InChI is InChI=1S/C18H26N4O2.2ClH/c1-18(12-19)6-10-22(13-18)17(24)15-3-2-9-21(11-15)16(23)14-4-7-20-8-5-14;;/h4-5,7-8,15H,2-3,6,9-13,19H2,1H3;2*1H. The molecule has 0 bridgehead atoms.